The molecule has 5 heteroatoms. The number of aromatic nitrogens is 1. The van der Waals surface area contributed by atoms with Crippen LogP contribution in [0.2, 0.25) is 5.02 Å². The van der Waals surface area contributed by atoms with Gasteiger partial charge in [-0.3, -0.25) is 9.78 Å². The van der Waals surface area contributed by atoms with Crippen LogP contribution in [0.15, 0.2) is 48.8 Å². The molecule has 1 heterocycles. The van der Waals surface area contributed by atoms with Gasteiger partial charge in [0.25, 0.3) is 5.91 Å². The Hall–Kier alpha value is -2.07. The number of amides is 1. The van der Waals surface area contributed by atoms with Gasteiger partial charge in [0.05, 0.1) is 0 Å². The van der Waals surface area contributed by atoms with Gasteiger partial charge < -0.3 is 10.1 Å². The van der Waals surface area contributed by atoms with Gasteiger partial charge in [-0.05, 0) is 42.8 Å². The molecule has 0 saturated carbocycles. The summed E-state index contributed by atoms with van der Waals surface area (Å²) in [6.07, 6.45) is 2.79. The molecule has 1 atom stereocenters. The molecule has 1 amide bonds. The SMILES string of the molecule is CC(Oc1cccc(Cl)c1)C(=O)NCc1ccncc1. The standard InChI is InChI=1S/C15H15ClN2O2/c1-11(20-14-4-2-3-13(16)9-14)15(19)18-10-12-5-7-17-8-6-12/h2-9,11H,10H2,1H3,(H,18,19). The number of hydrogen-bond acceptors (Lipinski definition) is 3. The third kappa shape index (κ3) is 4.24. The highest BCUT2D eigenvalue weighted by Gasteiger charge is 2.14. The number of ether oxygens (including phenoxy) is 1. The molecular weight excluding hydrogens is 276 g/mol. The Bertz CT molecular complexity index is 575. The number of nitrogens with one attached hydrogen (secondary N) is 1. The van der Waals surface area contributed by atoms with Gasteiger partial charge in [0, 0.05) is 24.0 Å². The van der Waals surface area contributed by atoms with E-state index in [0.717, 1.165) is 5.56 Å². The van der Waals surface area contributed by atoms with Crippen LogP contribution in [0, 0.1) is 0 Å². The van der Waals surface area contributed by atoms with Crippen molar-refractivity contribution >= 4 is 17.5 Å². The quantitative estimate of drug-likeness (QED) is 0.921. The fraction of sp³-hybridized carbons (Fsp3) is 0.200. The van der Waals surface area contributed by atoms with E-state index in [-0.39, 0.29) is 5.91 Å². The second-order valence-electron chi connectivity index (χ2n) is 4.29. The fourth-order valence-electron chi connectivity index (χ4n) is 1.63. The van der Waals surface area contributed by atoms with Crippen molar-refractivity contribution in [2.75, 3.05) is 0 Å². The van der Waals surface area contributed by atoms with Gasteiger partial charge in [-0.2, -0.15) is 0 Å². The minimum absolute atomic E-state index is 0.179. The smallest absolute Gasteiger partial charge is 0.261 e. The van der Waals surface area contributed by atoms with Crippen LogP contribution in [0.4, 0.5) is 0 Å². The van der Waals surface area contributed by atoms with Crippen molar-refractivity contribution in [1.29, 1.82) is 0 Å². The van der Waals surface area contributed by atoms with Crippen molar-refractivity contribution < 1.29 is 9.53 Å². The van der Waals surface area contributed by atoms with Gasteiger partial charge in [-0.15, -0.1) is 0 Å². The molecule has 1 N–H and O–H groups in total. The maximum Gasteiger partial charge on any atom is 0.261 e. The lowest BCUT2D eigenvalue weighted by atomic mass is 10.2. The Morgan fingerprint density at radius 3 is 2.80 bits per heavy atom. The molecule has 0 fully saturated rings. The van der Waals surface area contributed by atoms with Crippen molar-refractivity contribution in [2.24, 2.45) is 0 Å². The highest BCUT2D eigenvalue weighted by Crippen LogP contribution is 2.18. The first-order chi connectivity index (χ1) is 9.65. The summed E-state index contributed by atoms with van der Waals surface area (Å²) in [5, 5.41) is 3.38. The third-order valence-electron chi connectivity index (χ3n) is 2.69. The van der Waals surface area contributed by atoms with Crippen LogP contribution < -0.4 is 10.1 Å². The normalized spacial score (nSPS) is 11.7. The Kier molecular flexibility index (Phi) is 4.96. The van der Waals surface area contributed by atoms with Crippen LogP contribution in [0.5, 0.6) is 5.75 Å². The zero-order chi connectivity index (χ0) is 14.4. The van der Waals surface area contributed by atoms with E-state index in [1.807, 2.05) is 12.1 Å². The van der Waals surface area contributed by atoms with Crippen LogP contribution in [0.25, 0.3) is 0 Å². The van der Waals surface area contributed by atoms with Crippen LogP contribution in [0.1, 0.15) is 12.5 Å². The van der Waals surface area contributed by atoms with Crippen LogP contribution in [0.3, 0.4) is 0 Å². The van der Waals surface area contributed by atoms with Gasteiger partial charge in [0.1, 0.15) is 5.75 Å². The van der Waals surface area contributed by atoms with Crippen molar-refractivity contribution in [3.05, 3.63) is 59.4 Å². The number of halogens is 1. The number of nitrogens with zero attached hydrogens (tertiary/aromatic N) is 1. The Morgan fingerprint density at radius 1 is 1.35 bits per heavy atom. The summed E-state index contributed by atoms with van der Waals surface area (Å²) in [5.41, 5.74) is 0.989. The predicted molar refractivity (Wildman–Crippen MR) is 77.6 cm³/mol. The number of benzene rings is 1. The summed E-state index contributed by atoms with van der Waals surface area (Å²) in [5.74, 6) is 0.394. The van der Waals surface area contributed by atoms with Gasteiger partial charge in [0.15, 0.2) is 6.10 Å². The number of carbonyl (C=O) groups is 1. The second kappa shape index (κ2) is 6.91. The first-order valence-corrected chi connectivity index (χ1v) is 6.62. The molecule has 2 aromatic rings. The van der Waals surface area contributed by atoms with Gasteiger partial charge in [-0.1, -0.05) is 17.7 Å². The topological polar surface area (TPSA) is 51.2 Å². The molecule has 0 radical (unpaired) electrons. The summed E-state index contributed by atoms with van der Waals surface area (Å²) in [7, 11) is 0. The van der Waals surface area contributed by atoms with Gasteiger partial charge >= 0.3 is 0 Å². The summed E-state index contributed by atoms with van der Waals surface area (Å²) in [6, 6.07) is 10.7. The molecule has 0 saturated heterocycles. The summed E-state index contributed by atoms with van der Waals surface area (Å²) < 4.78 is 5.54. The maximum atomic E-state index is 11.9. The molecule has 0 aliphatic rings. The third-order valence-corrected chi connectivity index (χ3v) is 2.93. The average molecular weight is 291 g/mol. The van der Waals surface area contributed by atoms with E-state index < -0.39 is 6.10 Å². The number of rotatable bonds is 5. The highest BCUT2D eigenvalue weighted by molar-refractivity contribution is 6.30. The minimum Gasteiger partial charge on any atom is -0.481 e. The van der Waals surface area contributed by atoms with E-state index in [1.54, 1.807) is 43.6 Å². The molecule has 2 rings (SSSR count). The van der Waals surface area contributed by atoms with Gasteiger partial charge in [0.2, 0.25) is 0 Å². The predicted octanol–water partition coefficient (Wildman–Crippen LogP) is 2.82. The van der Waals surface area contributed by atoms with E-state index in [1.165, 1.54) is 0 Å². The lowest BCUT2D eigenvalue weighted by Gasteiger charge is -2.14. The Morgan fingerprint density at radius 2 is 2.10 bits per heavy atom. The average Bonchev–Trinajstić information content (AvgIpc) is 2.46. The molecule has 104 valence electrons. The molecule has 1 unspecified atom stereocenters. The van der Waals surface area contributed by atoms with Crippen molar-refractivity contribution in [3.63, 3.8) is 0 Å². The Balaban J connectivity index is 1.86. The zero-order valence-corrected chi connectivity index (χ0v) is 11.8. The van der Waals surface area contributed by atoms with Crippen LogP contribution in [-0.2, 0) is 11.3 Å². The molecule has 0 spiro atoms. The largest absolute Gasteiger partial charge is 0.481 e. The summed E-state index contributed by atoms with van der Waals surface area (Å²) in [6.45, 7) is 2.15. The fourth-order valence-corrected chi connectivity index (χ4v) is 1.81. The Labute approximate surface area is 122 Å². The van der Waals surface area contributed by atoms with E-state index in [4.69, 9.17) is 16.3 Å². The molecule has 1 aromatic carbocycles. The summed E-state index contributed by atoms with van der Waals surface area (Å²) in [4.78, 5) is 15.8. The maximum absolute atomic E-state index is 11.9. The molecule has 1 aromatic heterocycles. The highest BCUT2D eigenvalue weighted by atomic mass is 35.5. The van der Waals surface area contributed by atoms with Crippen molar-refractivity contribution in [1.82, 2.24) is 10.3 Å². The number of carbonyl (C=O) groups excluding carboxylic acids is 1. The van der Waals surface area contributed by atoms with Crippen molar-refractivity contribution in [2.45, 2.75) is 19.6 Å². The molecule has 0 aliphatic heterocycles. The molecule has 20 heavy (non-hydrogen) atoms. The second-order valence-corrected chi connectivity index (χ2v) is 4.73. The number of pyridine rings is 1. The monoisotopic (exact) mass is 290 g/mol. The van der Waals surface area contributed by atoms with Crippen molar-refractivity contribution in [3.8, 4) is 5.75 Å². The van der Waals surface area contributed by atoms with E-state index in [2.05, 4.69) is 10.3 Å². The zero-order valence-electron chi connectivity index (χ0n) is 11.0. The van der Waals surface area contributed by atoms with E-state index >= 15 is 0 Å². The lowest BCUT2D eigenvalue weighted by Crippen LogP contribution is -2.35. The molecule has 0 bridgehead atoms. The van der Waals surface area contributed by atoms with E-state index in [9.17, 15) is 4.79 Å². The van der Waals surface area contributed by atoms with Crippen LogP contribution >= 0.6 is 11.6 Å². The molecular formula is C15H15ClN2O2. The minimum atomic E-state index is -0.588. The molecule has 0 aliphatic carbocycles. The first-order valence-electron chi connectivity index (χ1n) is 6.24. The van der Waals surface area contributed by atoms with Crippen LogP contribution in [-0.4, -0.2) is 17.0 Å². The van der Waals surface area contributed by atoms with E-state index in [0.29, 0.717) is 17.3 Å². The molecule has 4 nitrogen and oxygen atoms in total. The number of hydrogen-bond donors (Lipinski definition) is 1. The summed E-state index contributed by atoms with van der Waals surface area (Å²) >= 11 is 5.86. The first kappa shape index (κ1) is 14.3. The lowest BCUT2D eigenvalue weighted by molar-refractivity contribution is -0.127. The van der Waals surface area contributed by atoms with Gasteiger partial charge in [-0.25, -0.2) is 0 Å².